The maximum atomic E-state index is 12.9. The predicted molar refractivity (Wildman–Crippen MR) is 107 cm³/mol. The maximum absolute atomic E-state index is 12.9. The molecule has 0 bridgehead atoms. The number of aliphatic imine (C=N–C) groups is 1. The first kappa shape index (κ1) is 17.6. The van der Waals surface area contributed by atoms with E-state index in [1.165, 1.54) is 6.21 Å². The van der Waals surface area contributed by atoms with Gasteiger partial charge < -0.3 is 9.67 Å². The van der Waals surface area contributed by atoms with E-state index in [2.05, 4.69) is 25.2 Å². The van der Waals surface area contributed by atoms with Gasteiger partial charge in [-0.15, -0.1) is 5.10 Å². The van der Waals surface area contributed by atoms with Gasteiger partial charge in [-0.05, 0) is 38.1 Å². The van der Waals surface area contributed by atoms with Gasteiger partial charge in [0.05, 0.1) is 10.9 Å². The number of aromatic nitrogens is 5. The minimum Gasteiger partial charge on any atom is -0.507 e. The third kappa shape index (κ3) is 3.16. The van der Waals surface area contributed by atoms with Crippen molar-refractivity contribution in [1.29, 1.82) is 0 Å². The summed E-state index contributed by atoms with van der Waals surface area (Å²) in [7, 11) is 0. The number of aromatic amines is 1. The molecule has 1 aromatic carbocycles. The second-order valence-corrected chi connectivity index (χ2v) is 6.28. The van der Waals surface area contributed by atoms with E-state index >= 15 is 0 Å². The van der Waals surface area contributed by atoms with Gasteiger partial charge in [-0.1, -0.05) is 12.1 Å². The van der Waals surface area contributed by atoms with Crippen LogP contribution in [-0.2, 0) is 6.54 Å². The van der Waals surface area contributed by atoms with Gasteiger partial charge in [0.2, 0.25) is 5.43 Å². The highest BCUT2D eigenvalue weighted by Gasteiger charge is 2.14. The van der Waals surface area contributed by atoms with Crippen LogP contribution >= 0.6 is 0 Å². The Hall–Kier alpha value is -3.81. The molecule has 2 N–H and O–H groups in total. The molecule has 0 aliphatic carbocycles. The van der Waals surface area contributed by atoms with Crippen LogP contribution in [0.3, 0.4) is 0 Å². The number of fused-ring (bicyclic) bond motifs is 1. The largest absolute Gasteiger partial charge is 0.507 e. The summed E-state index contributed by atoms with van der Waals surface area (Å²) in [4.78, 5) is 25.9. The average Bonchev–Trinajstić information content (AvgIpc) is 3.16. The van der Waals surface area contributed by atoms with E-state index in [0.717, 1.165) is 5.69 Å². The summed E-state index contributed by atoms with van der Waals surface area (Å²) >= 11 is 0. The first-order chi connectivity index (χ1) is 13.6. The van der Waals surface area contributed by atoms with Crippen molar-refractivity contribution in [3.8, 4) is 17.1 Å². The molecule has 4 rings (SSSR count). The van der Waals surface area contributed by atoms with Crippen molar-refractivity contribution in [3.05, 3.63) is 64.1 Å². The number of aryl methyl sites for hydroxylation is 2. The summed E-state index contributed by atoms with van der Waals surface area (Å²) < 4.78 is 1.91. The van der Waals surface area contributed by atoms with Gasteiger partial charge in [0.1, 0.15) is 11.4 Å². The number of nitrogens with zero attached hydrogens (tertiary/aromatic N) is 5. The summed E-state index contributed by atoms with van der Waals surface area (Å²) in [6.07, 6.45) is 3.20. The van der Waals surface area contributed by atoms with Gasteiger partial charge in [0.15, 0.2) is 5.82 Å². The van der Waals surface area contributed by atoms with E-state index in [1.54, 1.807) is 36.5 Å². The van der Waals surface area contributed by atoms with Gasteiger partial charge in [0, 0.05) is 30.2 Å². The molecule has 4 aromatic rings. The third-order valence-electron chi connectivity index (χ3n) is 4.39. The molecule has 28 heavy (non-hydrogen) atoms. The zero-order chi connectivity index (χ0) is 19.7. The van der Waals surface area contributed by atoms with Crippen LogP contribution in [0.15, 0.2) is 52.4 Å². The number of benzene rings is 1. The van der Waals surface area contributed by atoms with Crippen molar-refractivity contribution in [3.63, 3.8) is 0 Å². The van der Waals surface area contributed by atoms with E-state index in [1.807, 2.05) is 24.5 Å². The summed E-state index contributed by atoms with van der Waals surface area (Å²) in [5.74, 6) is 0.618. The molecule has 3 heterocycles. The minimum absolute atomic E-state index is 0.116. The number of pyridine rings is 2. The number of phenols is 1. The standard InChI is InChI=1S/C20H18N6O2/c1-3-26-11-15(17(28)14-9-8-12(2)22-19(14)26)18-23-20(25-24-18)21-10-13-6-4-5-7-16(13)27/h4-11,27H,3H2,1-2H3,(H,23,24,25)/b21-10+. The SMILES string of the molecule is CCn1cc(-c2nc(/N=C/c3ccccc3O)n[nH]2)c(=O)c2ccc(C)nc21. The smallest absolute Gasteiger partial charge is 0.268 e. The number of phenolic OH excluding ortho intramolecular Hbond substituents is 1. The average molecular weight is 374 g/mol. The molecule has 0 saturated carbocycles. The Morgan fingerprint density at radius 2 is 2.04 bits per heavy atom. The van der Waals surface area contributed by atoms with Crippen LogP contribution in [0.4, 0.5) is 5.95 Å². The molecule has 0 spiro atoms. The highest BCUT2D eigenvalue weighted by molar-refractivity contribution is 5.84. The molecule has 0 atom stereocenters. The second-order valence-electron chi connectivity index (χ2n) is 6.28. The highest BCUT2D eigenvalue weighted by Crippen LogP contribution is 2.19. The van der Waals surface area contributed by atoms with Gasteiger partial charge >= 0.3 is 0 Å². The third-order valence-corrected chi connectivity index (χ3v) is 4.39. The molecular formula is C20H18N6O2. The van der Waals surface area contributed by atoms with Crippen molar-refractivity contribution in [2.24, 2.45) is 4.99 Å². The fraction of sp³-hybridized carbons (Fsp3) is 0.150. The Balaban J connectivity index is 1.76. The Labute approximate surface area is 160 Å². The summed E-state index contributed by atoms with van der Waals surface area (Å²) in [6, 6.07) is 10.4. The fourth-order valence-corrected chi connectivity index (χ4v) is 2.92. The van der Waals surface area contributed by atoms with Crippen LogP contribution in [0.2, 0.25) is 0 Å². The first-order valence-electron chi connectivity index (χ1n) is 8.82. The Kier molecular flexibility index (Phi) is 4.44. The Morgan fingerprint density at radius 3 is 2.82 bits per heavy atom. The van der Waals surface area contributed by atoms with Gasteiger partial charge in [-0.3, -0.25) is 9.89 Å². The lowest BCUT2D eigenvalue weighted by Crippen LogP contribution is -2.13. The van der Waals surface area contributed by atoms with Gasteiger partial charge in [0.25, 0.3) is 5.95 Å². The summed E-state index contributed by atoms with van der Waals surface area (Å²) in [5.41, 5.74) is 2.28. The summed E-state index contributed by atoms with van der Waals surface area (Å²) in [5, 5.41) is 17.1. The van der Waals surface area contributed by atoms with E-state index in [-0.39, 0.29) is 17.1 Å². The van der Waals surface area contributed by atoms with Crippen molar-refractivity contribution >= 4 is 23.2 Å². The number of aromatic hydroxyl groups is 1. The van der Waals surface area contributed by atoms with Crippen LogP contribution in [-0.4, -0.2) is 36.1 Å². The molecule has 0 fully saturated rings. The molecule has 8 nitrogen and oxygen atoms in total. The Bertz CT molecular complexity index is 1260. The first-order valence-corrected chi connectivity index (χ1v) is 8.82. The van der Waals surface area contributed by atoms with Crippen molar-refractivity contribution in [2.45, 2.75) is 20.4 Å². The molecule has 0 aliphatic rings. The van der Waals surface area contributed by atoms with Crippen LogP contribution in [0, 0.1) is 6.92 Å². The number of nitrogens with one attached hydrogen (secondary N) is 1. The quantitative estimate of drug-likeness (QED) is 0.534. The number of hydrogen-bond acceptors (Lipinski definition) is 6. The van der Waals surface area contributed by atoms with Crippen molar-refractivity contribution in [2.75, 3.05) is 0 Å². The molecule has 0 aliphatic heterocycles. The molecule has 0 amide bonds. The molecule has 140 valence electrons. The van der Waals surface area contributed by atoms with Crippen LogP contribution in [0.25, 0.3) is 22.4 Å². The van der Waals surface area contributed by atoms with E-state index < -0.39 is 0 Å². The highest BCUT2D eigenvalue weighted by atomic mass is 16.3. The number of rotatable bonds is 4. The number of H-pyrrole nitrogens is 1. The lowest BCUT2D eigenvalue weighted by Gasteiger charge is -2.10. The zero-order valence-corrected chi connectivity index (χ0v) is 15.4. The molecule has 8 heteroatoms. The topological polar surface area (TPSA) is 109 Å². The van der Waals surface area contributed by atoms with Gasteiger partial charge in [-0.2, -0.15) is 4.98 Å². The van der Waals surface area contributed by atoms with Crippen molar-refractivity contribution < 1.29 is 5.11 Å². The predicted octanol–water partition coefficient (Wildman–Crippen LogP) is 2.97. The molecule has 0 unspecified atom stereocenters. The van der Waals surface area contributed by atoms with Crippen LogP contribution in [0.5, 0.6) is 5.75 Å². The normalized spacial score (nSPS) is 11.5. The minimum atomic E-state index is -0.167. The van der Waals surface area contributed by atoms with Crippen LogP contribution < -0.4 is 5.43 Å². The number of hydrogen-bond donors (Lipinski definition) is 2. The lowest BCUT2D eigenvalue weighted by atomic mass is 10.1. The van der Waals surface area contributed by atoms with E-state index in [0.29, 0.717) is 34.5 Å². The molecular weight excluding hydrogens is 356 g/mol. The van der Waals surface area contributed by atoms with Crippen LogP contribution in [0.1, 0.15) is 18.2 Å². The van der Waals surface area contributed by atoms with Gasteiger partial charge in [-0.25, -0.2) is 9.98 Å². The summed E-state index contributed by atoms with van der Waals surface area (Å²) in [6.45, 7) is 4.54. The fourth-order valence-electron chi connectivity index (χ4n) is 2.92. The lowest BCUT2D eigenvalue weighted by molar-refractivity contribution is 0.474. The molecule has 0 saturated heterocycles. The molecule has 0 radical (unpaired) electrons. The van der Waals surface area contributed by atoms with E-state index in [9.17, 15) is 9.90 Å². The maximum Gasteiger partial charge on any atom is 0.268 e. The zero-order valence-electron chi connectivity index (χ0n) is 15.4. The van der Waals surface area contributed by atoms with Crippen molar-refractivity contribution in [1.82, 2.24) is 24.7 Å². The second kappa shape index (κ2) is 7.07. The Morgan fingerprint density at radius 1 is 1.21 bits per heavy atom. The van der Waals surface area contributed by atoms with E-state index in [4.69, 9.17) is 0 Å². The number of para-hydroxylation sites is 1. The molecule has 3 aromatic heterocycles. The monoisotopic (exact) mass is 374 g/mol.